The minimum atomic E-state index is -0.354. The molecule has 2 fully saturated rings. The Labute approximate surface area is 84.8 Å². The number of rotatable bonds is 2. The van der Waals surface area contributed by atoms with Gasteiger partial charge in [-0.05, 0) is 10.8 Å². The highest BCUT2D eigenvalue weighted by atomic mass is 16.7. The van der Waals surface area contributed by atoms with Crippen LogP contribution in [0.2, 0.25) is 0 Å². The van der Waals surface area contributed by atoms with E-state index < -0.39 is 0 Å². The maximum atomic E-state index is 10.5. The van der Waals surface area contributed by atoms with Crippen LogP contribution in [0.4, 0.5) is 0 Å². The largest absolute Gasteiger partial charge is 0.349 e. The predicted octanol–water partition coefficient (Wildman–Crippen LogP) is 1.61. The summed E-state index contributed by atoms with van der Waals surface area (Å²) in [4.78, 5) is 10.5. The van der Waals surface area contributed by atoms with Crippen LogP contribution in [-0.2, 0) is 14.3 Å². The van der Waals surface area contributed by atoms with Crippen molar-refractivity contribution >= 4 is 6.29 Å². The van der Waals surface area contributed by atoms with Crippen LogP contribution in [0.15, 0.2) is 0 Å². The Kier molecular flexibility index (Phi) is 2.02. The molecule has 14 heavy (non-hydrogen) atoms. The van der Waals surface area contributed by atoms with Crippen LogP contribution in [0.5, 0.6) is 0 Å². The van der Waals surface area contributed by atoms with Gasteiger partial charge in [0.05, 0.1) is 6.61 Å². The Bertz CT molecular complexity index is 243. The van der Waals surface area contributed by atoms with Crippen LogP contribution in [0.3, 0.4) is 0 Å². The average molecular weight is 198 g/mol. The van der Waals surface area contributed by atoms with Gasteiger partial charge in [0.2, 0.25) is 0 Å². The molecule has 0 amide bonds. The molecular formula is C11H18O3. The SMILES string of the molecule is CC1(C)C(C2OCC(C=O)O2)C1(C)C. The van der Waals surface area contributed by atoms with Crippen molar-refractivity contribution in [2.75, 3.05) is 6.61 Å². The van der Waals surface area contributed by atoms with Gasteiger partial charge in [0, 0.05) is 5.92 Å². The molecule has 0 radical (unpaired) electrons. The summed E-state index contributed by atoms with van der Waals surface area (Å²) in [6.07, 6.45) is 0.282. The Morgan fingerprint density at radius 2 is 1.79 bits per heavy atom. The Balaban J connectivity index is 2.03. The molecule has 0 bridgehead atoms. The number of carbonyl (C=O) groups is 1. The second-order valence-corrected chi connectivity index (χ2v) is 5.43. The summed E-state index contributed by atoms with van der Waals surface area (Å²) in [7, 11) is 0. The van der Waals surface area contributed by atoms with Crippen molar-refractivity contribution in [3.63, 3.8) is 0 Å². The first kappa shape index (κ1) is 10.1. The topological polar surface area (TPSA) is 35.5 Å². The summed E-state index contributed by atoms with van der Waals surface area (Å²) in [5.74, 6) is 0.403. The molecule has 0 aromatic rings. The lowest BCUT2D eigenvalue weighted by atomic mass is 10.0. The number of hydrogen-bond acceptors (Lipinski definition) is 3. The lowest BCUT2D eigenvalue weighted by molar-refractivity contribution is -0.122. The molecule has 2 rings (SSSR count). The highest BCUT2D eigenvalue weighted by Gasteiger charge is 2.69. The van der Waals surface area contributed by atoms with E-state index in [1.165, 1.54) is 0 Å². The van der Waals surface area contributed by atoms with E-state index in [1.54, 1.807) is 0 Å². The fourth-order valence-electron chi connectivity index (χ4n) is 2.61. The van der Waals surface area contributed by atoms with Crippen molar-refractivity contribution in [2.45, 2.75) is 40.1 Å². The zero-order valence-corrected chi connectivity index (χ0v) is 9.24. The monoisotopic (exact) mass is 198 g/mol. The quantitative estimate of drug-likeness (QED) is 0.632. The van der Waals surface area contributed by atoms with Crippen molar-refractivity contribution in [1.29, 1.82) is 0 Å². The Morgan fingerprint density at radius 3 is 2.14 bits per heavy atom. The van der Waals surface area contributed by atoms with Crippen LogP contribution >= 0.6 is 0 Å². The molecule has 1 saturated carbocycles. The molecule has 1 saturated heterocycles. The van der Waals surface area contributed by atoms with Crippen LogP contribution in [0.25, 0.3) is 0 Å². The van der Waals surface area contributed by atoms with Gasteiger partial charge in [-0.3, -0.25) is 0 Å². The van der Waals surface area contributed by atoms with E-state index in [9.17, 15) is 4.79 Å². The standard InChI is InChI=1S/C11H18O3/c1-10(2)8(11(10,3)4)9-13-6-7(5-12)14-9/h5,7-9H,6H2,1-4H3. The minimum absolute atomic E-state index is 0.185. The summed E-state index contributed by atoms with van der Waals surface area (Å²) in [5.41, 5.74) is 0.491. The van der Waals surface area contributed by atoms with Gasteiger partial charge in [-0.15, -0.1) is 0 Å². The minimum Gasteiger partial charge on any atom is -0.349 e. The second-order valence-electron chi connectivity index (χ2n) is 5.43. The molecule has 1 aliphatic carbocycles. The maximum Gasteiger partial charge on any atom is 0.162 e. The zero-order chi connectivity index (χ0) is 10.6. The predicted molar refractivity (Wildman–Crippen MR) is 51.7 cm³/mol. The molecule has 1 aliphatic heterocycles. The summed E-state index contributed by atoms with van der Waals surface area (Å²) in [6.45, 7) is 9.30. The van der Waals surface area contributed by atoms with E-state index in [0.717, 1.165) is 6.29 Å². The Hall–Kier alpha value is -0.410. The fraction of sp³-hybridized carbons (Fsp3) is 0.909. The van der Waals surface area contributed by atoms with Gasteiger partial charge < -0.3 is 14.3 Å². The zero-order valence-electron chi connectivity index (χ0n) is 9.24. The molecule has 2 unspecified atom stereocenters. The maximum absolute atomic E-state index is 10.5. The highest BCUT2D eigenvalue weighted by molar-refractivity contribution is 5.56. The third kappa shape index (κ3) is 1.15. The van der Waals surface area contributed by atoms with Gasteiger partial charge in [0.1, 0.15) is 6.10 Å². The van der Waals surface area contributed by atoms with E-state index in [1.807, 2.05) is 0 Å². The first-order valence-electron chi connectivity index (χ1n) is 5.13. The molecular weight excluding hydrogens is 180 g/mol. The first-order chi connectivity index (χ1) is 6.41. The van der Waals surface area contributed by atoms with Gasteiger partial charge in [0.15, 0.2) is 12.6 Å². The molecule has 2 aliphatic rings. The van der Waals surface area contributed by atoms with Gasteiger partial charge in [-0.1, -0.05) is 27.7 Å². The first-order valence-corrected chi connectivity index (χ1v) is 5.13. The van der Waals surface area contributed by atoms with Gasteiger partial charge in [-0.25, -0.2) is 0 Å². The molecule has 2 atom stereocenters. The van der Waals surface area contributed by atoms with E-state index in [-0.39, 0.29) is 23.2 Å². The van der Waals surface area contributed by atoms with E-state index in [2.05, 4.69) is 27.7 Å². The summed E-state index contributed by atoms with van der Waals surface area (Å²) >= 11 is 0. The van der Waals surface area contributed by atoms with Crippen molar-refractivity contribution in [3.8, 4) is 0 Å². The van der Waals surface area contributed by atoms with Crippen LogP contribution in [-0.4, -0.2) is 25.3 Å². The number of hydrogen-bond donors (Lipinski definition) is 0. The lowest BCUT2D eigenvalue weighted by Gasteiger charge is -2.10. The molecule has 1 heterocycles. The highest BCUT2D eigenvalue weighted by Crippen LogP contribution is 2.70. The molecule has 0 aromatic carbocycles. The molecule has 3 heteroatoms. The van der Waals surface area contributed by atoms with Crippen LogP contribution in [0.1, 0.15) is 27.7 Å². The van der Waals surface area contributed by atoms with Crippen molar-refractivity contribution in [3.05, 3.63) is 0 Å². The molecule has 0 spiro atoms. The molecule has 3 nitrogen and oxygen atoms in total. The van der Waals surface area contributed by atoms with Crippen molar-refractivity contribution < 1.29 is 14.3 Å². The third-order valence-corrected chi connectivity index (χ3v) is 4.29. The number of aldehydes is 1. The lowest BCUT2D eigenvalue weighted by Crippen LogP contribution is -2.18. The average Bonchev–Trinajstić information content (AvgIpc) is 2.51. The smallest absolute Gasteiger partial charge is 0.162 e. The van der Waals surface area contributed by atoms with E-state index in [0.29, 0.717) is 12.5 Å². The summed E-state index contributed by atoms with van der Waals surface area (Å²) in [6, 6.07) is 0. The van der Waals surface area contributed by atoms with Crippen molar-refractivity contribution in [1.82, 2.24) is 0 Å². The fourth-order valence-corrected chi connectivity index (χ4v) is 2.61. The second kappa shape index (κ2) is 2.80. The number of carbonyl (C=O) groups excluding carboxylic acids is 1. The molecule has 80 valence electrons. The van der Waals surface area contributed by atoms with Gasteiger partial charge >= 0.3 is 0 Å². The van der Waals surface area contributed by atoms with E-state index in [4.69, 9.17) is 9.47 Å². The summed E-state index contributed by atoms with van der Waals surface area (Å²) < 4.78 is 11.0. The Morgan fingerprint density at radius 1 is 1.21 bits per heavy atom. The summed E-state index contributed by atoms with van der Waals surface area (Å²) in [5, 5.41) is 0. The van der Waals surface area contributed by atoms with Crippen LogP contribution in [0, 0.1) is 16.7 Å². The van der Waals surface area contributed by atoms with Gasteiger partial charge in [-0.2, -0.15) is 0 Å². The molecule has 0 aromatic heterocycles. The van der Waals surface area contributed by atoms with Crippen molar-refractivity contribution in [2.24, 2.45) is 16.7 Å². The van der Waals surface area contributed by atoms with E-state index >= 15 is 0 Å². The third-order valence-electron chi connectivity index (χ3n) is 4.29. The van der Waals surface area contributed by atoms with Crippen LogP contribution < -0.4 is 0 Å². The number of ether oxygens (including phenoxy) is 2. The van der Waals surface area contributed by atoms with Gasteiger partial charge in [0.25, 0.3) is 0 Å². The normalized spacial score (nSPS) is 39.7. The molecule has 0 N–H and O–H groups in total.